The van der Waals surface area contributed by atoms with E-state index in [2.05, 4.69) is 20.9 Å². The molecule has 0 radical (unpaired) electrons. The minimum Gasteiger partial charge on any atom is -0.444 e. The topological polar surface area (TPSA) is 31.4 Å². The molecule has 0 amide bonds. The molecule has 3 rings (SSSR count). The van der Waals surface area contributed by atoms with Gasteiger partial charge in [-0.25, -0.2) is 0 Å². The third kappa shape index (κ3) is 1.77. The molecule has 1 unspecified atom stereocenters. The second kappa shape index (κ2) is 3.99. The van der Waals surface area contributed by atoms with Gasteiger partial charge in [0, 0.05) is 18.8 Å². The molecular weight excluding hydrogens is 294 g/mol. The Hall–Kier alpha value is -1.55. The first kappa shape index (κ1) is 11.5. The molecule has 92 valence electrons. The van der Waals surface area contributed by atoms with Crippen LogP contribution in [0, 0.1) is 6.92 Å². The quantitative estimate of drug-likeness (QED) is 0.803. The Labute approximate surface area is 114 Å². The number of fused-ring (bicyclic) bond motifs is 1. The third-order valence-corrected chi connectivity index (χ3v) is 3.59. The van der Waals surface area contributed by atoms with Crippen LogP contribution in [-0.4, -0.2) is 4.98 Å². The molecule has 0 bridgehead atoms. The van der Waals surface area contributed by atoms with Crippen molar-refractivity contribution in [2.75, 3.05) is 0 Å². The van der Waals surface area contributed by atoms with Crippen LogP contribution in [0.25, 0.3) is 0 Å². The van der Waals surface area contributed by atoms with Gasteiger partial charge in [0.05, 0.1) is 10.0 Å². The normalized spacial score (nSPS) is 21.1. The van der Waals surface area contributed by atoms with Crippen molar-refractivity contribution in [3.05, 3.63) is 52.3 Å². The summed E-state index contributed by atoms with van der Waals surface area (Å²) in [7, 11) is 0. The smallest absolute Gasteiger partial charge is 0.277 e. The van der Waals surface area contributed by atoms with Crippen LogP contribution in [0.15, 0.2) is 41.0 Å². The number of aromatic nitrogens is 1. The van der Waals surface area contributed by atoms with E-state index in [-0.39, 0.29) is 0 Å². The molecule has 3 nitrogen and oxygen atoms in total. The molecule has 4 heteroatoms. The van der Waals surface area contributed by atoms with E-state index >= 15 is 0 Å². The fraction of sp³-hybridized carbons (Fsp3) is 0.214. The average Bonchev–Trinajstić information content (AvgIpc) is 2.69. The molecule has 2 heterocycles. The molecular formula is C14H12BrNO2. The van der Waals surface area contributed by atoms with Crippen LogP contribution >= 0.6 is 15.9 Å². The van der Waals surface area contributed by atoms with Crippen LogP contribution in [0.4, 0.5) is 0 Å². The summed E-state index contributed by atoms with van der Waals surface area (Å²) in [4.78, 5) is 4.28. The molecule has 0 N–H and O–H groups in total. The van der Waals surface area contributed by atoms with E-state index in [1.807, 2.05) is 44.2 Å². The first-order chi connectivity index (χ1) is 8.58. The second-order valence-electron chi connectivity index (χ2n) is 4.41. The highest BCUT2D eigenvalue weighted by Crippen LogP contribution is 2.47. The zero-order valence-corrected chi connectivity index (χ0v) is 11.7. The van der Waals surface area contributed by atoms with E-state index in [4.69, 9.17) is 9.47 Å². The number of nitrogens with zero attached hydrogens (tertiary/aromatic N) is 1. The number of halogens is 1. The fourth-order valence-corrected chi connectivity index (χ4v) is 2.38. The van der Waals surface area contributed by atoms with Gasteiger partial charge in [-0.15, -0.1) is 0 Å². The van der Waals surface area contributed by atoms with Crippen LogP contribution < -0.4 is 9.47 Å². The maximum absolute atomic E-state index is 5.94. The lowest BCUT2D eigenvalue weighted by Crippen LogP contribution is -2.31. The van der Waals surface area contributed by atoms with E-state index in [9.17, 15) is 0 Å². The SMILES string of the molecule is Cc1ccc(C2(C)Oc3cccc(Br)c3O2)cn1. The number of rotatable bonds is 1. The fourth-order valence-electron chi connectivity index (χ4n) is 1.95. The molecule has 0 saturated carbocycles. The van der Waals surface area contributed by atoms with Crippen LogP contribution in [-0.2, 0) is 5.79 Å². The molecule has 0 saturated heterocycles. The van der Waals surface area contributed by atoms with Crippen molar-refractivity contribution in [2.24, 2.45) is 0 Å². The predicted octanol–water partition coefficient (Wildman–Crippen LogP) is 3.80. The van der Waals surface area contributed by atoms with Crippen molar-refractivity contribution in [1.29, 1.82) is 0 Å². The van der Waals surface area contributed by atoms with Crippen LogP contribution in [0.2, 0.25) is 0 Å². The van der Waals surface area contributed by atoms with Gasteiger partial charge in [-0.05, 0) is 47.1 Å². The van der Waals surface area contributed by atoms with E-state index in [1.165, 1.54) is 0 Å². The van der Waals surface area contributed by atoms with E-state index in [0.717, 1.165) is 27.2 Å². The third-order valence-electron chi connectivity index (χ3n) is 2.97. The zero-order valence-electron chi connectivity index (χ0n) is 10.1. The number of pyridine rings is 1. The van der Waals surface area contributed by atoms with Gasteiger partial charge in [-0.1, -0.05) is 6.07 Å². The highest BCUT2D eigenvalue weighted by molar-refractivity contribution is 9.10. The minimum absolute atomic E-state index is 0.737. The lowest BCUT2D eigenvalue weighted by molar-refractivity contribution is -0.0685. The Balaban J connectivity index is 2.01. The van der Waals surface area contributed by atoms with Crippen molar-refractivity contribution in [3.63, 3.8) is 0 Å². The summed E-state index contributed by atoms with van der Waals surface area (Å²) in [6, 6.07) is 9.67. The molecule has 1 atom stereocenters. The minimum atomic E-state index is -0.813. The summed E-state index contributed by atoms with van der Waals surface area (Å²) < 4.78 is 12.7. The van der Waals surface area contributed by atoms with Gasteiger partial charge in [0.25, 0.3) is 5.79 Å². The zero-order chi connectivity index (χ0) is 12.8. The highest BCUT2D eigenvalue weighted by Gasteiger charge is 2.39. The van der Waals surface area contributed by atoms with Crippen LogP contribution in [0.1, 0.15) is 18.2 Å². The second-order valence-corrected chi connectivity index (χ2v) is 5.26. The number of para-hydroxylation sites is 1. The summed E-state index contributed by atoms with van der Waals surface area (Å²) in [5.41, 5.74) is 1.87. The monoisotopic (exact) mass is 305 g/mol. The van der Waals surface area contributed by atoms with Crippen molar-refractivity contribution in [1.82, 2.24) is 4.98 Å². The average molecular weight is 306 g/mol. The van der Waals surface area contributed by atoms with Crippen LogP contribution in [0.3, 0.4) is 0 Å². The Morgan fingerprint density at radius 1 is 1.17 bits per heavy atom. The Morgan fingerprint density at radius 2 is 2.00 bits per heavy atom. The highest BCUT2D eigenvalue weighted by atomic mass is 79.9. The lowest BCUT2D eigenvalue weighted by Gasteiger charge is -2.23. The molecule has 0 aliphatic carbocycles. The largest absolute Gasteiger partial charge is 0.444 e. The summed E-state index contributed by atoms with van der Waals surface area (Å²) in [5.74, 6) is 0.667. The van der Waals surface area contributed by atoms with Gasteiger partial charge < -0.3 is 9.47 Å². The Kier molecular flexibility index (Phi) is 2.55. The summed E-state index contributed by atoms with van der Waals surface area (Å²) in [6.45, 7) is 3.85. The van der Waals surface area contributed by atoms with Gasteiger partial charge in [-0.2, -0.15) is 0 Å². The summed E-state index contributed by atoms with van der Waals surface area (Å²) in [5, 5.41) is 0. The molecule has 0 fully saturated rings. The number of ether oxygens (including phenoxy) is 2. The lowest BCUT2D eigenvalue weighted by atomic mass is 10.1. The van der Waals surface area contributed by atoms with Gasteiger partial charge >= 0.3 is 0 Å². The van der Waals surface area contributed by atoms with Crippen molar-refractivity contribution in [3.8, 4) is 11.5 Å². The van der Waals surface area contributed by atoms with Gasteiger partial charge in [0.15, 0.2) is 11.5 Å². The molecule has 18 heavy (non-hydrogen) atoms. The molecule has 2 aromatic rings. The number of hydrogen-bond donors (Lipinski definition) is 0. The standard InChI is InChI=1S/C14H12BrNO2/c1-9-6-7-10(8-16-9)14(2)17-12-5-3-4-11(15)13(12)18-14/h3-8H,1-2H3. The van der Waals surface area contributed by atoms with Crippen molar-refractivity contribution >= 4 is 15.9 Å². The summed E-state index contributed by atoms with van der Waals surface area (Å²) >= 11 is 3.46. The van der Waals surface area contributed by atoms with Gasteiger partial charge in [-0.3, -0.25) is 4.98 Å². The van der Waals surface area contributed by atoms with Crippen molar-refractivity contribution < 1.29 is 9.47 Å². The summed E-state index contributed by atoms with van der Waals surface area (Å²) in [6.07, 6.45) is 1.79. The Bertz CT molecular complexity index is 597. The predicted molar refractivity (Wildman–Crippen MR) is 71.7 cm³/mol. The van der Waals surface area contributed by atoms with Gasteiger partial charge in [0.2, 0.25) is 0 Å². The van der Waals surface area contributed by atoms with E-state index < -0.39 is 5.79 Å². The Morgan fingerprint density at radius 3 is 2.67 bits per heavy atom. The maximum atomic E-state index is 5.94. The molecule has 0 spiro atoms. The van der Waals surface area contributed by atoms with E-state index in [1.54, 1.807) is 6.20 Å². The first-order valence-corrected chi connectivity index (χ1v) is 6.47. The van der Waals surface area contributed by atoms with E-state index in [0.29, 0.717) is 0 Å². The molecule has 1 aliphatic rings. The molecule has 1 aliphatic heterocycles. The number of aryl methyl sites for hydroxylation is 1. The van der Waals surface area contributed by atoms with Crippen LogP contribution in [0.5, 0.6) is 11.5 Å². The maximum Gasteiger partial charge on any atom is 0.277 e. The first-order valence-electron chi connectivity index (χ1n) is 5.68. The molecule has 1 aromatic carbocycles. The number of benzene rings is 1. The molecule has 1 aromatic heterocycles. The van der Waals surface area contributed by atoms with Crippen molar-refractivity contribution in [2.45, 2.75) is 19.6 Å². The van der Waals surface area contributed by atoms with Gasteiger partial charge in [0.1, 0.15) is 0 Å². The number of hydrogen-bond acceptors (Lipinski definition) is 3.